The highest BCUT2D eigenvalue weighted by molar-refractivity contribution is 6.55. The molecule has 2 heterocycles. The lowest BCUT2D eigenvalue weighted by atomic mass is 10.0. The Bertz CT molecular complexity index is 1050. The van der Waals surface area contributed by atoms with Crippen molar-refractivity contribution in [2.45, 2.75) is 13.3 Å². The molecule has 26 heavy (non-hydrogen) atoms. The Labute approximate surface area is 156 Å². The normalized spacial score (nSPS) is 14.8. The molecular weight excluding hydrogens is 348 g/mol. The van der Waals surface area contributed by atoms with E-state index in [1.165, 1.54) is 4.90 Å². The Kier molecular flexibility index (Phi) is 4.13. The summed E-state index contributed by atoms with van der Waals surface area (Å²) in [5, 5.41) is 1.10. The third-order valence-corrected chi connectivity index (χ3v) is 5.08. The standard InChI is InChI=1S/C21H17ClN2O2/c1-13-6-8-14(9-7-13)18-19(22)21(26)24(20(18)25)11-10-15-12-23-17-5-3-2-4-16(15)17/h2-9,12,23H,10-11H2,1H3. The van der Waals surface area contributed by atoms with Crippen molar-refractivity contribution in [2.24, 2.45) is 0 Å². The van der Waals surface area contributed by atoms with Gasteiger partial charge >= 0.3 is 0 Å². The minimum Gasteiger partial charge on any atom is -0.361 e. The Balaban J connectivity index is 1.56. The molecule has 2 amide bonds. The van der Waals surface area contributed by atoms with E-state index in [1.54, 1.807) is 0 Å². The SMILES string of the molecule is Cc1ccc(C2=C(Cl)C(=O)N(CCc3c[nH]c4ccccc34)C2=O)cc1. The van der Waals surface area contributed by atoms with Crippen LogP contribution in [0, 0.1) is 6.92 Å². The van der Waals surface area contributed by atoms with E-state index in [0.29, 0.717) is 18.5 Å². The molecule has 0 radical (unpaired) electrons. The molecular formula is C21H17ClN2O2. The van der Waals surface area contributed by atoms with Gasteiger partial charge in [0.25, 0.3) is 11.8 Å². The highest BCUT2D eigenvalue weighted by atomic mass is 35.5. The van der Waals surface area contributed by atoms with Crippen molar-refractivity contribution in [3.05, 3.63) is 76.5 Å². The largest absolute Gasteiger partial charge is 0.361 e. The lowest BCUT2D eigenvalue weighted by Crippen LogP contribution is -2.33. The average molecular weight is 365 g/mol. The number of carbonyl (C=O) groups is 2. The third kappa shape index (κ3) is 2.72. The van der Waals surface area contributed by atoms with Crippen LogP contribution in [0.15, 0.2) is 59.8 Å². The first-order chi connectivity index (χ1) is 12.6. The van der Waals surface area contributed by atoms with Crippen LogP contribution in [0.1, 0.15) is 16.7 Å². The molecule has 130 valence electrons. The fourth-order valence-corrected chi connectivity index (χ4v) is 3.58. The average Bonchev–Trinajstić information content (AvgIpc) is 3.15. The Morgan fingerprint density at radius 3 is 2.50 bits per heavy atom. The molecule has 4 nitrogen and oxygen atoms in total. The second-order valence-corrected chi connectivity index (χ2v) is 6.80. The molecule has 4 rings (SSSR count). The number of aromatic nitrogens is 1. The molecule has 1 aliphatic heterocycles. The molecule has 1 aromatic heterocycles. The van der Waals surface area contributed by atoms with Crippen molar-refractivity contribution < 1.29 is 9.59 Å². The van der Waals surface area contributed by atoms with Gasteiger partial charge in [0.2, 0.25) is 0 Å². The smallest absolute Gasteiger partial charge is 0.273 e. The van der Waals surface area contributed by atoms with Crippen LogP contribution in [0.5, 0.6) is 0 Å². The number of para-hydroxylation sites is 1. The van der Waals surface area contributed by atoms with Gasteiger partial charge in [-0.15, -0.1) is 0 Å². The first-order valence-electron chi connectivity index (χ1n) is 8.44. The number of hydrogen-bond acceptors (Lipinski definition) is 2. The van der Waals surface area contributed by atoms with Gasteiger partial charge in [-0.25, -0.2) is 0 Å². The number of imide groups is 1. The molecule has 3 aromatic rings. The molecule has 2 aromatic carbocycles. The second-order valence-electron chi connectivity index (χ2n) is 6.43. The first-order valence-corrected chi connectivity index (χ1v) is 8.82. The number of benzene rings is 2. The van der Waals surface area contributed by atoms with Crippen LogP contribution in [0.4, 0.5) is 0 Å². The number of halogens is 1. The van der Waals surface area contributed by atoms with Crippen molar-refractivity contribution in [3.63, 3.8) is 0 Å². The number of amides is 2. The number of H-pyrrole nitrogens is 1. The molecule has 5 heteroatoms. The molecule has 1 aliphatic rings. The van der Waals surface area contributed by atoms with Crippen LogP contribution < -0.4 is 0 Å². The van der Waals surface area contributed by atoms with Crippen molar-refractivity contribution in [2.75, 3.05) is 6.54 Å². The zero-order valence-electron chi connectivity index (χ0n) is 14.3. The lowest BCUT2D eigenvalue weighted by molar-refractivity contribution is -0.136. The number of aromatic amines is 1. The van der Waals surface area contributed by atoms with Gasteiger partial charge in [0, 0.05) is 23.6 Å². The highest BCUT2D eigenvalue weighted by Crippen LogP contribution is 2.32. The summed E-state index contributed by atoms with van der Waals surface area (Å²) < 4.78 is 0. The topological polar surface area (TPSA) is 53.2 Å². The molecule has 0 aliphatic carbocycles. The van der Waals surface area contributed by atoms with Crippen LogP contribution in [0.3, 0.4) is 0 Å². The molecule has 0 bridgehead atoms. The van der Waals surface area contributed by atoms with E-state index >= 15 is 0 Å². The van der Waals surface area contributed by atoms with E-state index in [2.05, 4.69) is 4.98 Å². The fourth-order valence-electron chi connectivity index (χ4n) is 3.29. The second kappa shape index (κ2) is 6.46. The summed E-state index contributed by atoms with van der Waals surface area (Å²) in [4.78, 5) is 29.7. The van der Waals surface area contributed by atoms with Gasteiger partial charge < -0.3 is 4.98 Å². The Morgan fingerprint density at radius 2 is 1.73 bits per heavy atom. The number of nitrogens with zero attached hydrogens (tertiary/aromatic N) is 1. The van der Waals surface area contributed by atoms with Crippen LogP contribution in [-0.2, 0) is 16.0 Å². The number of carbonyl (C=O) groups excluding carboxylic acids is 2. The van der Waals surface area contributed by atoms with Crippen LogP contribution >= 0.6 is 11.6 Å². The van der Waals surface area contributed by atoms with Crippen molar-refractivity contribution in [1.82, 2.24) is 9.88 Å². The number of fused-ring (bicyclic) bond motifs is 1. The van der Waals surface area contributed by atoms with Crippen molar-refractivity contribution in [3.8, 4) is 0 Å². The highest BCUT2D eigenvalue weighted by Gasteiger charge is 2.37. The van der Waals surface area contributed by atoms with Crippen LogP contribution in [-0.4, -0.2) is 28.2 Å². The summed E-state index contributed by atoms with van der Waals surface area (Å²) >= 11 is 6.21. The predicted octanol–water partition coefficient (Wildman–Crippen LogP) is 4.04. The fraction of sp³-hybridized carbons (Fsp3) is 0.143. The number of nitrogens with one attached hydrogen (secondary N) is 1. The summed E-state index contributed by atoms with van der Waals surface area (Å²) in [6.07, 6.45) is 2.50. The molecule has 1 N–H and O–H groups in total. The third-order valence-electron chi connectivity index (χ3n) is 4.73. The summed E-state index contributed by atoms with van der Waals surface area (Å²) in [5.41, 5.74) is 4.15. The first kappa shape index (κ1) is 16.6. The minimum absolute atomic E-state index is 0.00206. The lowest BCUT2D eigenvalue weighted by Gasteiger charge is -2.14. The Hall–Kier alpha value is -2.85. The van der Waals surface area contributed by atoms with Gasteiger partial charge in [-0.05, 0) is 30.5 Å². The van der Waals surface area contributed by atoms with Crippen molar-refractivity contribution >= 4 is 39.9 Å². The number of rotatable bonds is 4. The van der Waals surface area contributed by atoms with E-state index < -0.39 is 5.91 Å². The summed E-state index contributed by atoms with van der Waals surface area (Å²) in [5.74, 6) is -0.754. The number of aryl methyl sites for hydroxylation is 1. The zero-order chi connectivity index (χ0) is 18.3. The molecule has 0 spiro atoms. The van der Waals surface area contributed by atoms with Gasteiger partial charge in [-0.3, -0.25) is 14.5 Å². The maximum atomic E-state index is 12.8. The summed E-state index contributed by atoms with van der Waals surface area (Å²) in [6, 6.07) is 15.4. The summed E-state index contributed by atoms with van der Waals surface area (Å²) in [6.45, 7) is 2.26. The van der Waals surface area contributed by atoms with E-state index in [0.717, 1.165) is 22.0 Å². The van der Waals surface area contributed by atoms with Gasteiger partial charge in [0.15, 0.2) is 0 Å². The van der Waals surface area contributed by atoms with Gasteiger partial charge in [0.05, 0.1) is 5.57 Å². The maximum Gasteiger partial charge on any atom is 0.273 e. The molecule has 0 saturated carbocycles. The van der Waals surface area contributed by atoms with Gasteiger partial charge in [0.1, 0.15) is 5.03 Å². The molecule has 0 fully saturated rings. The predicted molar refractivity (Wildman–Crippen MR) is 103 cm³/mol. The minimum atomic E-state index is -0.424. The quantitative estimate of drug-likeness (QED) is 0.710. The van der Waals surface area contributed by atoms with E-state index in [1.807, 2.05) is 61.7 Å². The van der Waals surface area contributed by atoms with Gasteiger partial charge in [-0.2, -0.15) is 0 Å². The molecule has 0 atom stereocenters. The molecule has 0 unspecified atom stereocenters. The maximum absolute atomic E-state index is 12.8. The van der Waals surface area contributed by atoms with E-state index in [9.17, 15) is 9.59 Å². The molecule has 0 saturated heterocycles. The van der Waals surface area contributed by atoms with E-state index in [4.69, 9.17) is 11.6 Å². The van der Waals surface area contributed by atoms with E-state index in [-0.39, 0.29) is 16.5 Å². The van der Waals surface area contributed by atoms with Gasteiger partial charge in [-0.1, -0.05) is 59.6 Å². The number of hydrogen-bond donors (Lipinski definition) is 1. The zero-order valence-corrected chi connectivity index (χ0v) is 15.0. The monoisotopic (exact) mass is 364 g/mol. The van der Waals surface area contributed by atoms with Crippen molar-refractivity contribution in [1.29, 1.82) is 0 Å². The summed E-state index contributed by atoms with van der Waals surface area (Å²) in [7, 11) is 0. The Morgan fingerprint density at radius 1 is 1.00 bits per heavy atom. The van der Waals surface area contributed by atoms with Crippen LogP contribution in [0.25, 0.3) is 16.5 Å². The van der Waals surface area contributed by atoms with Crippen LogP contribution in [0.2, 0.25) is 0 Å².